The van der Waals surface area contributed by atoms with Gasteiger partial charge in [0.05, 0.1) is 4.92 Å². The Morgan fingerprint density at radius 3 is 2.71 bits per heavy atom. The van der Waals surface area contributed by atoms with E-state index in [4.69, 9.17) is 0 Å². The van der Waals surface area contributed by atoms with Crippen LogP contribution < -0.4 is 5.32 Å². The summed E-state index contributed by atoms with van der Waals surface area (Å²) in [6.07, 6.45) is 6.02. The van der Waals surface area contributed by atoms with Gasteiger partial charge in [-0.3, -0.25) is 15.0 Å². The number of hydrogen-bond acceptors (Lipinski definition) is 4. The summed E-state index contributed by atoms with van der Waals surface area (Å²) >= 11 is 0. The third-order valence-corrected chi connectivity index (χ3v) is 4.25. The van der Waals surface area contributed by atoms with Crippen molar-refractivity contribution in [3.05, 3.63) is 33.9 Å². The van der Waals surface area contributed by atoms with Crippen LogP contribution in [0.3, 0.4) is 0 Å². The topological polar surface area (TPSA) is 58.4 Å². The molecule has 0 radical (unpaired) electrons. The van der Waals surface area contributed by atoms with Crippen LogP contribution in [0, 0.1) is 10.1 Å². The number of nitro groups is 1. The van der Waals surface area contributed by atoms with Crippen LogP contribution in [0.25, 0.3) is 0 Å². The van der Waals surface area contributed by atoms with E-state index in [-0.39, 0.29) is 10.6 Å². The number of anilines is 1. The summed E-state index contributed by atoms with van der Waals surface area (Å²) in [6.45, 7) is 3.58. The van der Waals surface area contributed by atoms with Crippen LogP contribution in [0.1, 0.15) is 44.6 Å². The summed E-state index contributed by atoms with van der Waals surface area (Å²) in [5, 5.41) is 14.5. The molecule has 0 unspecified atom stereocenters. The molecule has 0 amide bonds. The molecule has 0 saturated heterocycles. The zero-order valence-corrected chi connectivity index (χ0v) is 13.0. The van der Waals surface area contributed by atoms with E-state index in [1.807, 2.05) is 6.07 Å². The van der Waals surface area contributed by atoms with Crippen LogP contribution >= 0.6 is 0 Å². The van der Waals surface area contributed by atoms with Gasteiger partial charge in [-0.25, -0.2) is 0 Å². The summed E-state index contributed by atoms with van der Waals surface area (Å²) in [7, 11) is 2.12. The quantitative estimate of drug-likeness (QED) is 0.613. The van der Waals surface area contributed by atoms with Crippen molar-refractivity contribution in [2.24, 2.45) is 0 Å². The fourth-order valence-electron chi connectivity index (χ4n) is 3.07. The lowest BCUT2D eigenvalue weighted by atomic mass is 10.1. The average molecular weight is 291 g/mol. The van der Waals surface area contributed by atoms with Gasteiger partial charge in [-0.2, -0.15) is 0 Å². The molecule has 1 N–H and O–H groups in total. The lowest BCUT2D eigenvalue weighted by molar-refractivity contribution is -0.384. The van der Waals surface area contributed by atoms with Gasteiger partial charge in [0.1, 0.15) is 5.69 Å². The molecule has 116 valence electrons. The normalized spacial score (nSPS) is 15.6. The van der Waals surface area contributed by atoms with Gasteiger partial charge in [0.15, 0.2) is 0 Å². The van der Waals surface area contributed by atoms with Crippen molar-refractivity contribution in [1.82, 2.24) is 4.90 Å². The Hall–Kier alpha value is -1.62. The summed E-state index contributed by atoms with van der Waals surface area (Å²) in [5.74, 6) is 0. The molecule has 0 atom stereocenters. The second kappa shape index (κ2) is 7.41. The van der Waals surface area contributed by atoms with Crippen molar-refractivity contribution in [3.63, 3.8) is 0 Å². The second-order valence-corrected chi connectivity index (χ2v) is 5.85. The molecule has 21 heavy (non-hydrogen) atoms. The lowest BCUT2D eigenvalue weighted by Gasteiger charge is -2.25. The molecule has 0 aromatic heterocycles. The first-order valence-electron chi connectivity index (χ1n) is 7.84. The molecule has 1 fully saturated rings. The van der Waals surface area contributed by atoms with Crippen molar-refractivity contribution >= 4 is 11.4 Å². The van der Waals surface area contributed by atoms with Gasteiger partial charge in [-0.15, -0.1) is 0 Å². The van der Waals surface area contributed by atoms with E-state index < -0.39 is 0 Å². The Kier molecular flexibility index (Phi) is 5.56. The highest BCUT2D eigenvalue weighted by atomic mass is 16.6. The maximum atomic E-state index is 11.2. The lowest BCUT2D eigenvalue weighted by Crippen LogP contribution is -2.29. The highest BCUT2D eigenvalue weighted by Crippen LogP contribution is 2.31. The van der Waals surface area contributed by atoms with Gasteiger partial charge in [0.25, 0.3) is 5.69 Å². The monoisotopic (exact) mass is 291 g/mol. The molecule has 1 aliphatic carbocycles. The fraction of sp³-hybridized carbons (Fsp3) is 0.625. The molecule has 0 heterocycles. The van der Waals surface area contributed by atoms with E-state index >= 15 is 0 Å². The molecule has 1 aliphatic rings. The second-order valence-electron chi connectivity index (χ2n) is 5.85. The molecular formula is C16H25N3O2. The Balaban J connectivity index is 2.20. The minimum atomic E-state index is -0.295. The van der Waals surface area contributed by atoms with Crippen molar-refractivity contribution in [2.75, 3.05) is 18.9 Å². The maximum Gasteiger partial charge on any atom is 0.292 e. The highest BCUT2D eigenvalue weighted by Gasteiger charge is 2.22. The number of rotatable bonds is 7. The summed E-state index contributed by atoms with van der Waals surface area (Å²) < 4.78 is 0. The van der Waals surface area contributed by atoms with E-state index in [0.717, 1.165) is 25.1 Å². The van der Waals surface area contributed by atoms with Gasteiger partial charge < -0.3 is 5.32 Å². The van der Waals surface area contributed by atoms with E-state index in [0.29, 0.717) is 11.7 Å². The van der Waals surface area contributed by atoms with Gasteiger partial charge in [0, 0.05) is 25.2 Å². The van der Waals surface area contributed by atoms with Crippen LogP contribution in [0.15, 0.2) is 18.2 Å². The molecule has 1 aromatic rings. The summed E-state index contributed by atoms with van der Waals surface area (Å²) in [4.78, 5) is 13.3. The SMILES string of the molecule is CCCNc1c(CN(C)C2CCCC2)cccc1[N+](=O)[O-]. The van der Waals surface area contributed by atoms with Gasteiger partial charge in [-0.1, -0.05) is 31.9 Å². The Morgan fingerprint density at radius 1 is 1.38 bits per heavy atom. The average Bonchev–Trinajstić information content (AvgIpc) is 2.99. The van der Waals surface area contributed by atoms with Gasteiger partial charge in [0.2, 0.25) is 0 Å². The Bertz CT molecular complexity index is 484. The minimum absolute atomic E-state index is 0.181. The number of para-hydroxylation sites is 1. The molecular weight excluding hydrogens is 266 g/mol. The zero-order chi connectivity index (χ0) is 15.2. The van der Waals surface area contributed by atoms with Crippen LogP contribution in [-0.4, -0.2) is 29.5 Å². The van der Waals surface area contributed by atoms with E-state index in [2.05, 4.69) is 24.2 Å². The smallest absolute Gasteiger partial charge is 0.292 e. The van der Waals surface area contributed by atoms with E-state index in [1.54, 1.807) is 12.1 Å². The van der Waals surface area contributed by atoms with Gasteiger partial charge in [-0.05, 0) is 31.9 Å². The van der Waals surface area contributed by atoms with Crippen molar-refractivity contribution in [2.45, 2.75) is 51.6 Å². The summed E-state index contributed by atoms with van der Waals surface area (Å²) in [5.41, 5.74) is 1.89. The van der Waals surface area contributed by atoms with Crippen molar-refractivity contribution < 1.29 is 4.92 Å². The number of nitro benzene ring substituents is 1. The molecule has 1 aromatic carbocycles. The predicted molar refractivity (Wildman–Crippen MR) is 85.6 cm³/mol. The molecule has 5 heteroatoms. The maximum absolute atomic E-state index is 11.2. The first kappa shape index (κ1) is 15.8. The number of nitrogens with one attached hydrogen (secondary N) is 1. The first-order chi connectivity index (χ1) is 10.1. The van der Waals surface area contributed by atoms with Crippen molar-refractivity contribution in [1.29, 1.82) is 0 Å². The number of hydrogen-bond donors (Lipinski definition) is 1. The van der Waals surface area contributed by atoms with Crippen LogP contribution in [0.2, 0.25) is 0 Å². The highest BCUT2D eigenvalue weighted by molar-refractivity contribution is 5.66. The van der Waals surface area contributed by atoms with Crippen LogP contribution in [-0.2, 0) is 6.54 Å². The molecule has 1 saturated carbocycles. The van der Waals surface area contributed by atoms with E-state index in [1.165, 1.54) is 25.7 Å². The number of benzene rings is 1. The third kappa shape index (κ3) is 3.94. The molecule has 2 rings (SSSR count). The minimum Gasteiger partial charge on any atom is -0.379 e. The summed E-state index contributed by atoms with van der Waals surface area (Å²) in [6, 6.07) is 5.98. The predicted octanol–water partition coefficient (Wildman–Crippen LogP) is 3.79. The molecule has 5 nitrogen and oxygen atoms in total. The zero-order valence-electron chi connectivity index (χ0n) is 13.0. The van der Waals surface area contributed by atoms with Gasteiger partial charge >= 0.3 is 0 Å². The Morgan fingerprint density at radius 2 is 2.10 bits per heavy atom. The molecule has 0 bridgehead atoms. The van der Waals surface area contributed by atoms with E-state index in [9.17, 15) is 10.1 Å². The third-order valence-electron chi connectivity index (χ3n) is 4.25. The Labute approximate surface area is 126 Å². The fourth-order valence-corrected chi connectivity index (χ4v) is 3.07. The number of nitrogens with zero attached hydrogens (tertiary/aromatic N) is 2. The largest absolute Gasteiger partial charge is 0.379 e. The van der Waals surface area contributed by atoms with Crippen LogP contribution in [0.4, 0.5) is 11.4 Å². The molecule has 0 aliphatic heterocycles. The molecule has 0 spiro atoms. The standard InChI is InChI=1S/C16H25N3O2/c1-3-11-17-16-13(7-6-10-15(16)19(20)21)12-18(2)14-8-4-5-9-14/h6-7,10,14,17H,3-5,8-9,11-12H2,1-2H3. The first-order valence-corrected chi connectivity index (χ1v) is 7.84. The van der Waals surface area contributed by atoms with Crippen molar-refractivity contribution in [3.8, 4) is 0 Å². The van der Waals surface area contributed by atoms with Crippen LogP contribution in [0.5, 0.6) is 0 Å².